The van der Waals surface area contributed by atoms with Crippen molar-refractivity contribution in [2.24, 2.45) is 10.9 Å². The molecule has 1 aromatic heterocycles. The van der Waals surface area contributed by atoms with Crippen LogP contribution in [0.5, 0.6) is 0 Å². The predicted molar refractivity (Wildman–Crippen MR) is 144 cm³/mol. The summed E-state index contributed by atoms with van der Waals surface area (Å²) in [6, 6.07) is 13.7. The lowest BCUT2D eigenvalue weighted by atomic mass is 9.88. The van der Waals surface area contributed by atoms with Gasteiger partial charge in [-0.25, -0.2) is 4.99 Å². The number of nitrogens with one attached hydrogen (secondary N) is 2. The fourth-order valence-electron chi connectivity index (χ4n) is 4.24. The molecular formula is C24H38IN5S. The molecule has 2 heterocycles. The lowest BCUT2D eigenvalue weighted by Gasteiger charge is -2.39. The van der Waals surface area contributed by atoms with Gasteiger partial charge in [0.15, 0.2) is 5.96 Å². The number of guanidine groups is 1. The molecule has 3 rings (SSSR count). The summed E-state index contributed by atoms with van der Waals surface area (Å²) in [5.41, 5.74) is 2.57. The highest BCUT2D eigenvalue weighted by Gasteiger charge is 2.31. The molecule has 1 aromatic carbocycles. The summed E-state index contributed by atoms with van der Waals surface area (Å²) in [6.07, 6.45) is 2.52. The van der Waals surface area contributed by atoms with Crippen LogP contribution in [-0.2, 0) is 13.1 Å². The van der Waals surface area contributed by atoms with Crippen molar-refractivity contribution in [2.75, 3.05) is 40.8 Å². The normalized spacial score (nSPS) is 19.8. The van der Waals surface area contributed by atoms with Gasteiger partial charge in [-0.1, -0.05) is 30.3 Å². The first-order valence-electron chi connectivity index (χ1n) is 11.0. The number of rotatable bonds is 8. The molecule has 0 saturated carbocycles. The number of benzene rings is 1. The van der Waals surface area contributed by atoms with E-state index >= 15 is 0 Å². The Morgan fingerprint density at radius 3 is 2.55 bits per heavy atom. The summed E-state index contributed by atoms with van der Waals surface area (Å²) >= 11 is 1.88. The maximum Gasteiger partial charge on any atom is 0.191 e. The maximum atomic E-state index is 4.84. The third kappa shape index (κ3) is 8.04. The summed E-state index contributed by atoms with van der Waals surface area (Å²) in [6.45, 7) is 6.77. The van der Waals surface area contributed by atoms with Gasteiger partial charge < -0.3 is 15.5 Å². The number of aliphatic imine (C=N–C) groups is 1. The molecule has 0 amide bonds. The Bertz CT molecular complexity index is 776. The van der Waals surface area contributed by atoms with Crippen LogP contribution >= 0.6 is 35.3 Å². The third-order valence-electron chi connectivity index (χ3n) is 5.66. The zero-order valence-corrected chi connectivity index (χ0v) is 22.5. The Balaban J connectivity index is 0.00000341. The van der Waals surface area contributed by atoms with E-state index < -0.39 is 0 Å². The van der Waals surface area contributed by atoms with Crippen molar-refractivity contribution in [3.63, 3.8) is 0 Å². The van der Waals surface area contributed by atoms with Gasteiger partial charge in [0.05, 0.1) is 6.54 Å². The van der Waals surface area contributed by atoms with E-state index in [9.17, 15) is 0 Å². The first kappa shape index (κ1) is 26.1. The third-order valence-corrected chi connectivity index (χ3v) is 6.60. The van der Waals surface area contributed by atoms with Crippen molar-refractivity contribution >= 4 is 41.3 Å². The predicted octanol–water partition coefficient (Wildman–Crippen LogP) is 4.57. The number of halogens is 1. The quantitative estimate of drug-likeness (QED) is 0.285. The molecule has 2 aromatic rings. The molecule has 172 valence electrons. The molecule has 0 radical (unpaired) electrons. The second-order valence-electron chi connectivity index (χ2n) is 8.47. The minimum Gasteiger partial charge on any atom is -0.357 e. The highest BCUT2D eigenvalue weighted by atomic mass is 127. The van der Waals surface area contributed by atoms with Crippen LogP contribution < -0.4 is 10.6 Å². The zero-order valence-electron chi connectivity index (χ0n) is 19.3. The van der Waals surface area contributed by atoms with Crippen molar-refractivity contribution in [1.82, 2.24) is 20.4 Å². The standard InChI is InChI=1S/C24H37N5S.HI/c1-5-25-24(26-16-19-10-12-20(13-11-19)18-28(2)3)27-17-21-8-6-14-29(4)23(21)22-9-7-15-30-22;/h7,9-13,15,21,23H,5-6,8,14,16-18H2,1-4H3,(H2,25,26,27);1H. The Morgan fingerprint density at radius 1 is 1.16 bits per heavy atom. The largest absolute Gasteiger partial charge is 0.357 e. The van der Waals surface area contributed by atoms with E-state index in [0.29, 0.717) is 18.5 Å². The molecule has 1 saturated heterocycles. The van der Waals surface area contributed by atoms with Crippen LogP contribution in [0.15, 0.2) is 46.8 Å². The second-order valence-corrected chi connectivity index (χ2v) is 9.45. The molecule has 1 aliphatic heterocycles. The fraction of sp³-hybridized carbons (Fsp3) is 0.542. The number of likely N-dealkylation sites (tertiary alicyclic amines) is 1. The summed E-state index contributed by atoms with van der Waals surface area (Å²) in [5, 5.41) is 9.22. The van der Waals surface area contributed by atoms with Gasteiger partial charge in [-0.2, -0.15) is 0 Å². The van der Waals surface area contributed by atoms with E-state index in [1.54, 1.807) is 0 Å². The van der Waals surface area contributed by atoms with Gasteiger partial charge >= 0.3 is 0 Å². The average Bonchev–Trinajstić information content (AvgIpc) is 3.25. The lowest BCUT2D eigenvalue weighted by Crippen LogP contribution is -2.44. The van der Waals surface area contributed by atoms with Crippen LogP contribution in [0.25, 0.3) is 0 Å². The fourth-order valence-corrected chi connectivity index (χ4v) is 5.22. The van der Waals surface area contributed by atoms with E-state index in [4.69, 9.17) is 4.99 Å². The molecule has 2 unspecified atom stereocenters. The van der Waals surface area contributed by atoms with Crippen molar-refractivity contribution in [3.05, 3.63) is 57.8 Å². The minimum absolute atomic E-state index is 0. The second kappa shape index (κ2) is 13.4. The number of thiophene rings is 1. The molecule has 31 heavy (non-hydrogen) atoms. The highest BCUT2D eigenvalue weighted by molar-refractivity contribution is 14.0. The van der Waals surface area contributed by atoms with E-state index in [2.05, 4.69) is 90.3 Å². The van der Waals surface area contributed by atoms with Crippen LogP contribution in [0.3, 0.4) is 0 Å². The first-order valence-corrected chi connectivity index (χ1v) is 11.9. The molecule has 0 spiro atoms. The number of nitrogens with zero attached hydrogens (tertiary/aromatic N) is 3. The molecule has 0 bridgehead atoms. The summed E-state index contributed by atoms with van der Waals surface area (Å²) < 4.78 is 0. The molecule has 2 N–H and O–H groups in total. The number of piperidine rings is 1. The zero-order chi connectivity index (χ0) is 21.3. The van der Waals surface area contributed by atoms with Gasteiger partial charge in [-0.15, -0.1) is 35.3 Å². The topological polar surface area (TPSA) is 42.9 Å². The molecular weight excluding hydrogens is 517 g/mol. The van der Waals surface area contributed by atoms with Gasteiger partial charge in [0.1, 0.15) is 0 Å². The van der Waals surface area contributed by atoms with Crippen LogP contribution in [0, 0.1) is 5.92 Å². The van der Waals surface area contributed by atoms with Gasteiger partial charge in [-0.3, -0.25) is 4.90 Å². The van der Waals surface area contributed by atoms with Crippen LogP contribution in [-0.4, -0.2) is 56.5 Å². The van der Waals surface area contributed by atoms with E-state index in [1.807, 2.05) is 11.3 Å². The van der Waals surface area contributed by atoms with Crippen molar-refractivity contribution in [1.29, 1.82) is 0 Å². The smallest absolute Gasteiger partial charge is 0.191 e. The van der Waals surface area contributed by atoms with Gasteiger partial charge in [0.25, 0.3) is 0 Å². The highest BCUT2D eigenvalue weighted by Crippen LogP contribution is 2.36. The SMILES string of the molecule is CCNC(=NCc1ccc(CN(C)C)cc1)NCC1CCCN(C)C1c1cccs1.I. The van der Waals surface area contributed by atoms with Crippen molar-refractivity contribution in [3.8, 4) is 0 Å². The van der Waals surface area contributed by atoms with Gasteiger partial charge in [0, 0.05) is 30.6 Å². The van der Waals surface area contributed by atoms with E-state index in [0.717, 1.165) is 25.6 Å². The van der Waals surface area contributed by atoms with Gasteiger partial charge in [0.2, 0.25) is 0 Å². The summed E-state index contributed by atoms with van der Waals surface area (Å²) in [7, 11) is 6.45. The van der Waals surface area contributed by atoms with E-state index in [1.165, 1.54) is 35.4 Å². The molecule has 2 atom stereocenters. The van der Waals surface area contributed by atoms with Crippen LogP contribution in [0.2, 0.25) is 0 Å². The molecule has 7 heteroatoms. The monoisotopic (exact) mass is 555 g/mol. The lowest BCUT2D eigenvalue weighted by molar-refractivity contribution is 0.125. The average molecular weight is 556 g/mol. The van der Waals surface area contributed by atoms with E-state index in [-0.39, 0.29) is 24.0 Å². The van der Waals surface area contributed by atoms with Crippen LogP contribution in [0.4, 0.5) is 0 Å². The van der Waals surface area contributed by atoms with Crippen molar-refractivity contribution < 1.29 is 0 Å². The Hall–Kier alpha value is -1.16. The number of hydrogen-bond donors (Lipinski definition) is 2. The Kier molecular flexibility index (Phi) is 11.3. The Labute approximate surface area is 209 Å². The Morgan fingerprint density at radius 2 is 1.90 bits per heavy atom. The first-order chi connectivity index (χ1) is 14.6. The maximum absolute atomic E-state index is 4.84. The minimum atomic E-state index is 0. The number of hydrogen-bond acceptors (Lipinski definition) is 4. The molecule has 5 nitrogen and oxygen atoms in total. The molecule has 1 aliphatic rings. The van der Waals surface area contributed by atoms with Crippen molar-refractivity contribution in [2.45, 2.75) is 38.9 Å². The summed E-state index contributed by atoms with van der Waals surface area (Å²) in [4.78, 5) is 11.0. The molecule has 1 fully saturated rings. The van der Waals surface area contributed by atoms with Crippen LogP contribution in [0.1, 0.15) is 41.8 Å². The van der Waals surface area contributed by atoms with Gasteiger partial charge in [-0.05, 0) is 75.9 Å². The summed E-state index contributed by atoms with van der Waals surface area (Å²) in [5.74, 6) is 1.50. The molecule has 0 aliphatic carbocycles.